The zero-order chi connectivity index (χ0) is 33.6. The maximum absolute atomic E-state index is 13.8. The van der Waals surface area contributed by atoms with Gasteiger partial charge in [0.1, 0.15) is 9.96 Å². The number of hydrogen-bond donors (Lipinski definition) is 1. The summed E-state index contributed by atoms with van der Waals surface area (Å²) in [6.45, 7) is 3.90. The molecule has 46 heavy (non-hydrogen) atoms. The molecule has 5 rings (SSSR count). The number of ketones is 1. The number of sulfone groups is 1. The molecule has 1 amide bonds. The predicted octanol–water partition coefficient (Wildman–Crippen LogP) is 6.69. The fourth-order valence-corrected chi connectivity index (χ4v) is 7.27. The van der Waals surface area contributed by atoms with E-state index in [1.807, 2.05) is 13.8 Å². The second-order valence-electron chi connectivity index (χ2n) is 10.3. The molecular formula is C30H22F3N3O8S2. The molecule has 16 heteroatoms. The number of carbonyl (C=O) groups is 2. The number of hydrogen-bond acceptors (Lipinski definition) is 10. The number of ether oxygens (including phenoxy) is 1. The van der Waals surface area contributed by atoms with Crippen LogP contribution in [-0.2, 0) is 14.6 Å². The van der Waals surface area contributed by atoms with E-state index in [0.717, 1.165) is 53.1 Å². The van der Waals surface area contributed by atoms with Gasteiger partial charge in [0.25, 0.3) is 11.6 Å². The minimum Gasteiger partial charge on any atom is -0.503 e. The summed E-state index contributed by atoms with van der Waals surface area (Å²) in [7, 11) is -4.28. The third-order valence-electron chi connectivity index (χ3n) is 7.02. The molecule has 1 aliphatic heterocycles. The van der Waals surface area contributed by atoms with Gasteiger partial charge in [-0.2, -0.15) is 0 Å². The van der Waals surface area contributed by atoms with Crippen molar-refractivity contribution in [2.24, 2.45) is 0 Å². The summed E-state index contributed by atoms with van der Waals surface area (Å²) in [5.74, 6) is -3.24. The number of anilines is 1. The highest BCUT2D eigenvalue weighted by Gasteiger charge is 2.46. The minimum absolute atomic E-state index is 0.0871. The lowest BCUT2D eigenvalue weighted by Gasteiger charge is -2.24. The molecule has 1 aromatic heterocycles. The summed E-state index contributed by atoms with van der Waals surface area (Å²) in [6.07, 6.45) is -4.03. The van der Waals surface area contributed by atoms with Gasteiger partial charge in [-0.3, -0.25) is 24.6 Å². The lowest BCUT2D eigenvalue weighted by molar-refractivity contribution is -0.384. The Kier molecular flexibility index (Phi) is 8.44. The van der Waals surface area contributed by atoms with E-state index in [1.165, 1.54) is 24.3 Å². The number of thiazole rings is 1. The molecule has 0 saturated carbocycles. The van der Waals surface area contributed by atoms with Gasteiger partial charge < -0.3 is 9.84 Å². The van der Waals surface area contributed by atoms with Crippen molar-refractivity contribution in [3.05, 3.63) is 117 Å². The summed E-state index contributed by atoms with van der Waals surface area (Å²) < 4.78 is 68.5. The van der Waals surface area contributed by atoms with E-state index < -0.39 is 55.9 Å². The molecule has 4 aromatic rings. The van der Waals surface area contributed by atoms with E-state index in [0.29, 0.717) is 11.3 Å². The van der Waals surface area contributed by atoms with Gasteiger partial charge in [-0.1, -0.05) is 61.6 Å². The Morgan fingerprint density at radius 3 is 2.20 bits per heavy atom. The maximum atomic E-state index is 13.8. The van der Waals surface area contributed by atoms with Crippen LogP contribution in [0.3, 0.4) is 0 Å². The highest BCUT2D eigenvalue weighted by Crippen LogP contribution is 2.44. The van der Waals surface area contributed by atoms with E-state index >= 15 is 0 Å². The summed E-state index contributed by atoms with van der Waals surface area (Å²) in [5.41, 5.74) is 0.382. The van der Waals surface area contributed by atoms with E-state index in [2.05, 4.69) is 9.72 Å². The lowest BCUT2D eigenvalue weighted by Crippen LogP contribution is -2.31. The molecule has 238 valence electrons. The number of carbonyl (C=O) groups excluding carboxylic acids is 2. The van der Waals surface area contributed by atoms with Gasteiger partial charge in [-0.15, -0.1) is 13.2 Å². The molecule has 11 nitrogen and oxygen atoms in total. The molecule has 1 N–H and O–H groups in total. The number of non-ortho nitro benzene ring substituents is 1. The number of Topliss-reactive ketones (excluding diaryl/α,β-unsaturated/α-hetero) is 1. The summed E-state index contributed by atoms with van der Waals surface area (Å²) in [6, 6.07) is 13.4. The molecule has 0 radical (unpaired) electrons. The zero-order valence-electron chi connectivity index (χ0n) is 23.8. The van der Waals surface area contributed by atoms with Crippen LogP contribution in [0, 0.1) is 10.1 Å². The first-order valence-electron chi connectivity index (χ1n) is 13.3. The molecule has 0 bridgehead atoms. The number of alkyl halides is 3. The molecular weight excluding hydrogens is 651 g/mol. The number of benzene rings is 3. The topological polar surface area (TPSA) is 157 Å². The summed E-state index contributed by atoms with van der Waals surface area (Å²) in [4.78, 5) is 42.2. The molecule has 1 atom stereocenters. The van der Waals surface area contributed by atoms with E-state index in [9.17, 15) is 46.4 Å². The normalized spacial score (nSPS) is 15.5. The number of nitrogens with zero attached hydrogens (tertiary/aromatic N) is 3. The van der Waals surface area contributed by atoms with Crippen LogP contribution >= 0.6 is 11.3 Å². The Morgan fingerprint density at radius 2 is 1.65 bits per heavy atom. The number of aliphatic hydroxyl groups is 1. The van der Waals surface area contributed by atoms with Gasteiger partial charge in [0, 0.05) is 17.7 Å². The second-order valence-corrected chi connectivity index (χ2v) is 13.5. The molecule has 1 aliphatic rings. The Bertz CT molecular complexity index is 1970. The molecule has 0 fully saturated rings. The first kappa shape index (κ1) is 32.3. The largest absolute Gasteiger partial charge is 0.573 e. The summed E-state index contributed by atoms with van der Waals surface area (Å²) >= 11 is 0.522. The number of halogens is 3. The van der Waals surface area contributed by atoms with Crippen LogP contribution in [0.4, 0.5) is 24.0 Å². The van der Waals surface area contributed by atoms with Gasteiger partial charge in [-0.25, -0.2) is 13.4 Å². The maximum Gasteiger partial charge on any atom is 0.573 e. The van der Waals surface area contributed by atoms with E-state index in [1.54, 1.807) is 12.1 Å². The average Bonchev–Trinajstić information content (AvgIpc) is 3.60. The molecule has 0 spiro atoms. The predicted molar refractivity (Wildman–Crippen MR) is 159 cm³/mol. The van der Waals surface area contributed by atoms with Crippen LogP contribution in [0.25, 0.3) is 0 Å². The van der Waals surface area contributed by atoms with Crippen LogP contribution in [0.5, 0.6) is 5.75 Å². The van der Waals surface area contributed by atoms with Crippen LogP contribution < -0.4 is 9.64 Å². The molecule has 2 heterocycles. The Morgan fingerprint density at radius 1 is 1.04 bits per heavy atom. The minimum atomic E-state index is -4.98. The first-order chi connectivity index (χ1) is 21.6. The molecule has 3 aromatic carbocycles. The Balaban J connectivity index is 1.57. The average molecular weight is 674 g/mol. The second kappa shape index (κ2) is 12.0. The Hall–Kier alpha value is -5.09. The quantitative estimate of drug-likeness (QED) is 0.116. The molecule has 1 unspecified atom stereocenters. The fraction of sp³-hybridized carbons (Fsp3) is 0.167. The van der Waals surface area contributed by atoms with Gasteiger partial charge in [0.15, 0.2) is 16.7 Å². The van der Waals surface area contributed by atoms with Crippen molar-refractivity contribution in [3.8, 4) is 5.75 Å². The Labute approximate surface area is 263 Å². The number of rotatable bonds is 9. The van der Waals surface area contributed by atoms with Crippen LogP contribution in [-0.4, -0.2) is 41.5 Å². The van der Waals surface area contributed by atoms with Crippen molar-refractivity contribution < 1.29 is 45.9 Å². The van der Waals surface area contributed by atoms with Crippen molar-refractivity contribution in [1.29, 1.82) is 0 Å². The van der Waals surface area contributed by atoms with E-state index in [4.69, 9.17) is 0 Å². The fourth-order valence-electron chi connectivity index (χ4n) is 4.73. The molecule has 0 saturated heterocycles. The highest BCUT2D eigenvalue weighted by molar-refractivity contribution is 7.93. The van der Waals surface area contributed by atoms with Crippen LogP contribution in [0.1, 0.15) is 47.3 Å². The zero-order valence-corrected chi connectivity index (χ0v) is 25.4. The lowest BCUT2D eigenvalue weighted by atomic mass is 9.91. The van der Waals surface area contributed by atoms with Gasteiger partial charge in [-0.05, 0) is 41.3 Å². The van der Waals surface area contributed by atoms with Crippen LogP contribution in [0.15, 0.2) is 99.4 Å². The third kappa shape index (κ3) is 6.21. The number of aromatic nitrogens is 1. The van der Waals surface area contributed by atoms with Crippen molar-refractivity contribution in [2.75, 3.05) is 4.90 Å². The van der Waals surface area contributed by atoms with Gasteiger partial charge in [0.2, 0.25) is 9.84 Å². The number of nitro groups is 1. The van der Waals surface area contributed by atoms with Crippen molar-refractivity contribution in [2.45, 2.75) is 41.3 Å². The van der Waals surface area contributed by atoms with Gasteiger partial charge >= 0.3 is 6.36 Å². The SMILES string of the molecule is CC(C)c1ccc(C(=O)C2=C(O)C(=O)N(c3ncc(S(=O)(=O)c4ccc([N+](=O)[O-])cc4)s3)C2c2ccc(OC(F)(F)F)cc2)cc1. The highest BCUT2D eigenvalue weighted by atomic mass is 32.2. The number of nitro benzene ring substituents is 1. The third-order valence-corrected chi connectivity index (χ3v) is 10.3. The van der Waals surface area contributed by atoms with Crippen molar-refractivity contribution in [3.63, 3.8) is 0 Å². The van der Waals surface area contributed by atoms with Crippen LogP contribution in [0.2, 0.25) is 0 Å². The summed E-state index contributed by atoms with van der Waals surface area (Å²) in [5, 5.41) is 21.7. The standard InChI is InChI=1S/C30H22F3N3O8S2/c1-16(2)17-3-5-19(6-4-17)26(37)24-25(18-7-11-21(12-8-18)44-30(31,32)33)35(28(39)27(24)38)29-34-15-23(45-29)46(42,43)22-13-9-20(10-14-22)36(40)41/h3-16,25,38H,1-2H3. The smallest absolute Gasteiger partial charge is 0.503 e. The van der Waals surface area contributed by atoms with E-state index in [-0.39, 0.29) is 37.0 Å². The first-order valence-corrected chi connectivity index (χ1v) is 15.6. The monoisotopic (exact) mass is 673 g/mol. The number of amides is 1. The number of aliphatic hydroxyl groups excluding tert-OH is 1. The van der Waals surface area contributed by atoms with Crippen molar-refractivity contribution in [1.82, 2.24) is 4.98 Å². The van der Waals surface area contributed by atoms with Gasteiger partial charge in [0.05, 0.1) is 27.6 Å². The van der Waals surface area contributed by atoms with Crippen molar-refractivity contribution >= 4 is 43.7 Å². The molecule has 0 aliphatic carbocycles.